The SMILES string of the molecule is C[C@H]1CCC[C@]2(C)C[C@H]3OC(=O)C(CN4CCN(C5CCCCC5)CC4)[C@H]3C=C12. The molecule has 5 atom stereocenters. The molecule has 2 saturated carbocycles. The second kappa shape index (κ2) is 8.00. The summed E-state index contributed by atoms with van der Waals surface area (Å²) in [6.45, 7) is 10.3. The summed E-state index contributed by atoms with van der Waals surface area (Å²) in [5, 5.41) is 0. The van der Waals surface area contributed by atoms with Gasteiger partial charge < -0.3 is 4.74 Å². The quantitative estimate of drug-likeness (QED) is 0.524. The second-order valence-electron chi connectivity index (χ2n) is 11.0. The number of hydrogen-bond acceptors (Lipinski definition) is 4. The molecule has 0 aromatic rings. The first-order chi connectivity index (χ1) is 14.0. The van der Waals surface area contributed by atoms with E-state index in [1.807, 2.05) is 0 Å². The fourth-order valence-corrected chi connectivity index (χ4v) is 7.29. The summed E-state index contributed by atoms with van der Waals surface area (Å²) in [6.07, 6.45) is 14.6. The minimum Gasteiger partial charge on any atom is -0.461 e. The molecule has 0 amide bonds. The highest BCUT2D eigenvalue weighted by atomic mass is 16.6. The molecule has 0 radical (unpaired) electrons. The Morgan fingerprint density at radius 3 is 2.59 bits per heavy atom. The number of hydrogen-bond donors (Lipinski definition) is 0. The number of carbonyl (C=O) groups is 1. The van der Waals surface area contributed by atoms with E-state index in [4.69, 9.17) is 4.74 Å². The van der Waals surface area contributed by atoms with E-state index in [0.717, 1.165) is 32.1 Å². The largest absolute Gasteiger partial charge is 0.461 e. The number of nitrogens with zero attached hydrogens (tertiary/aromatic N) is 2. The zero-order valence-corrected chi connectivity index (χ0v) is 18.6. The summed E-state index contributed by atoms with van der Waals surface area (Å²) in [6, 6.07) is 0.820. The van der Waals surface area contributed by atoms with Crippen molar-refractivity contribution < 1.29 is 9.53 Å². The summed E-state index contributed by atoms with van der Waals surface area (Å²) < 4.78 is 5.96. The number of fused-ring (bicyclic) bond motifs is 2. The molecule has 0 spiro atoms. The minimum atomic E-state index is 0.0485. The van der Waals surface area contributed by atoms with Gasteiger partial charge in [-0.3, -0.25) is 14.6 Å². The van der Waals surface area contributed by atoms with E-state index in [1.54, 1.807) is 5.57 Å². The summed E-state index contributed by atoms with van der Waals surface area (Å²) >= 11 is 0. The van der Waals surface area contributed by atoms with Crippen molar-refractivity contribution in [1.29, 1.82) is 0 Å². The van der Waals surface area contributed by atoms with E-state index in [-0.39, 0.29) is 23.4 Å². The van der Waals surface area contributed by atoms with Gasteiger partial charge in [0.15, 0.2) is 0 Å². The summed E-state index contributed by atoms with van der Waals surface area (Å²) in [7, 11) is 0. The predicted octanol–water partition coefficient (Wildman–Crippen LogP) is 4.25. The van der Waals surface area contributed by atoms with Crippen LogP contribution in [-0.4, -0.2) is 60.6 Å². The van der Waals surface area contributed by atoms with Crippen LogP contribution in [0.25, 0.3) is 0 Å². The van der Waals surface area contributed by atoms with Crippen molar-refractivity contribution in [1.82, 2.24) is 9.80 Å². The van der Waals surface area contributed by atoms with Crippen LogP contribution in [0.1, 0.15) is 71.6 Å². The zero-order chi connectivity index (χ0) is 20.0. The van der Waals surface area contributed by atoms with Crippen molar-refractivity contribution >= 4 is 5.97 Å². The summed E-state index contributed by atoms with van der Waals surface area (Å²) in [5.41, 5.74) is 1.90. The maximum Gasteiger partial charge on any atom is 0.311 e. The fraction of sp³-hybridized carbons (Fsp3) is 0.880. The maximum absolute atomic E-state index is 12.8. The summed E-state index contributed by atoms with van der Waals surface area (Å²) in [5.74, 6) is 1.10. The predicted molar refractivity (Wildman–Crippen MR) is 116 cm³/mol. The van der Waals surface area contributed by atoms with Gasteiger partial charge in [0.1, 0.15) is 6.10 Å². The third-order valence-electron chi connectivity index (χ3n) is 9.03. The first kappa shape index (κ1) is 20.1. The first-order valence-electron chi connectivity index (χ1n) is 12.4. The van der Waals surface area contributed by atoms with E-state index in [0.29, 0.717) is 11.8 Å². The number of esters is 1. The Balaban J connectivity index is 1.23. The molecule has 4 nitrogen and oxygen atoms in total. The minimum absolute atomic E-state index is 0.0485. The van der Waals surface area contributed by atoms with Crippen molar-refractivity contribution in [3.8, 4) is 0 Å². The van der Waals surface area contributed by atoms with Gasteiger partial charge >= 0.3 is 5.97 Å². The molecule has 29 heavy (non-hydrogen) atoms. The van der Waals surface area contributed by atoms with Crippen molar-refractivity contribution in [2.45, 2.75) is 83.8 Å². The van der Waals surface area contributed by atoms with Crippen LogP contribution in [-0.2, 0) is 9.53 Å². The third kappa shape index (κ3) is 3.80. The van der Waals surface area contributed by atoms with Crippen LogP contribution in [0.5, 0.6) is 0 Å². The maximum atomic E-state index is 12.8. The number of carbonyl (C=O) groups excluding carboxylic acids is 1. The van der Waals surface area contributed by atoms with Gasteiger partial charge in [0.25, 0.3) is 0 Å². The fourth-order valence-electron chi connectivity index (χ4n) is 7.29. The molecule has 2 heterocycles. The highest BCUT2D eigenvalue weighted by molar-refractivity contribution is 5.76. The van der Waals surface area contributed by atoms with Gasteiger partial charge in [-0.1, -0.05) is 51.2 Å². The van der Waals surface area contributed by atoms with E-state index in [9.17, 15) is 4.79 Å². The van der Waals surface area contributed by atoms with Crippen LogP contribution in [0.2, 0.25) is 0 Å². The van der Waals surface area contributed by atoms with Gasteiger partial charge in [-0.2, -0.15) is 0 Å². The smallest absolute Gasteiger partial charge is 0.311 e. The van der Waals surface area contributed by atoms with Gasteiger partial charge in [-0.25, -0.2) is 0 Å². The van der Waals surface area contributed by atoms with Gasteiger partial charge in [0, 0.05) is 44.7 Å². The zero-order valence-electron chi connectivity index (χ0n) is 18.6. The lowest BCUT2D eigenvalue weighted by molar-refractivity contribution is -0.145. The van der Waals surface area contributed by atoms with E-state index in [1.165, 1.54) is 64.5 Å². The molecule has 5 rings (SSSR count). The number of piperazine rings is 1. The normalized spacial score (nSPS) is 42.1. The second-order valence-corrected chi connectivity index (χ2v) is 11.0. The lowest BCUT2D eigenvalue weighted by Crippen LogP contribution is -2.52. The van der Waals surface area contributed by atoms with E-state index >= 15 is 0 Å². The molecule has 162 valence electrons. The molecule has 0 aromatic heterocycles. The van der Waals surface area contributed by atoms with Crippen LogP contribution in [0.4, 0.5) is 0 Å². The Morgan fingerprint density at radius 2 is 1.83 bits per heavy atom. The molecule has 1 unspecified atom stereocenters. The molecule has 5 aliphatic rings. The summed E-state index contributed by atoms with van der Waals surface area (Å²) in [4.78, 5) is 18.1. The monoisotopic (exact) mass is 400 g/mol. The van der Waals surface area contributed by atoms with Crippen molar-refractivity contribution in [2.24, 2.45) is 23.2 Å². The highest BCUT2D eigenvalue weighted by Gasteiger charge is 2.52. The van der Waals surface area contributed by atoms with E-state index < -0.39 is 0 Å². The van der Waals surface area contributed by atoms with Gasteiger partial charge in [-0.05, 0) is 43.4 Å². The number of ether oxygens (including phenoxy) is 1. The molecule has 0 aromatic carbocycles. The molecular formula is C25H40N2O2. The van der Waals surface area contributed by atoms with Crippen LogP contribution < -0.4 is 0 Å². The van der Waals surface area contributed by atoms with Crippen LogP contribution in [0.3, 0.4) is 0 Å². The number of rotatable bonds is 3. The Bertz CT molecular complexity index is 647. The van der Waals surface area contributed by atoms with Crippen molar-refractivity contribution in [3.05, 3.63) is 11.6 Å². The third-order valence-corrected chi connectivity index (χ3v) is 9.03. The molecule has 2 aliphatic heterocycles. The first-order valence-corrected chi connectivity index (χ1v) is 12.4. The number of allylic oxidation sites excluding steroid dienone is 1. The molecule has 0 bridgehead atoms. The van der Waals surface area contributed by atoms with Gasteiger partial charge in [0.05, 0.1) is 5.92 Å². The molecule has 4 fully saturated rings. The molecule has 4 heteroatoms. The van der Waals surface area contributed by atoms with Crippen molar-refractivity contribution in [2.75, 3.05) is 32.7 Å². The average molecular weight is 401 g/mol. The van der Waals surface area contributed by atoms with Crippen LogP contribution in [0, 0.1) is 23.2 Å². The van der Waals surface area contributed by atoms with Crippen LogP contribution in [0.15, 0.2) is 11.6 Å². The van der Waals surface area contributed by atoms with Crippen molar-refractivity contribution in [3.63, 3.8) is 0 Å². The van der Waals surface area contributed by atoms with Crippen LogP contribution >= 0.6 is 0 Å². The van der Waals surface area contributed by atoms with Gasteiger partial charge in [0.2, 0.25) is 0 Å². The molecule has 2 saturated heterocycles. The Morgan fingerprint density at radius 1 is 1.07 bits per heavy atom. The van der Waals surface area contributed by atoms with Gasteiger partial charge in [-0.15, -0.1) is 0 Å². The van der Waals surface area contributed by atoms with E-state index in [2.05, 4.69) is 29.7 Å². The topological polar surface area (TPSA) is 32.8 Å². The lowest BCUT2D eigenvalue weighted by Gasteiger charge is -2.46. The molecule has 3 aliphatic carbocycles. The highest BCUT2D eigenvalue weighted by Crippen LogP contribution is 2.54. The average Bonchev–Trinajstić information content (AvgIpc) is 3.01. The Kier molecular flexibility index (Phi) is 5.53. The Labute approximate surface area is 177 Å². The lowest BCUT2D eigenvalue weighted by atomic mass is 9.59. The molecular weight excluding hydrogens is 360 g/mol. The standard InChI is InChI=1S/C25H40N2O2/c1-18-7-6-10-25(2)16-23-20(15-22(18)25)21(24(28)29-23)17-26-11-13-27(14-12-26)19-8-4-3-5-9-19/h15,18-21,23H,3-14,16-17H2,1-2H3/t18-,20+,21?,23+,25+/m0/s1. The Hall–Kier alpha value is -0.870. The molecule has 0 N–H and O–H groups in total.